The van der Waals surface area contributed by atoms with Crippen molar-refractivity contribution in [2.75, 3.05) is 6.61 Å². The second kappa shape index (κ2) is 11.9. The molecule has 14 atom stereocenters. The molecule has 4 aliphatic carbocycles. The van der Waals surface area contributed by atoms with Gasteiger partial charge in [0.25, 0.3) is 0 Å². The molecule has 0 aromatic rings. The maximum absolute atomic E-state index is 10.5. The van der Waals surface area contributed by atoms with Crippen molar-refractivity contribution in [3.8, 4) is 0 Å². The Bertz CT molecular complexity index is 899. The molecule has 0 radical (unpaired) electrons. The van der Waals surface area contributed by atoms with Gasteiger partial charge in [0, 0.05) is 12.3 Å². The summed E-state index contributed by atoms with van der Waals surface area (Å²) in [6.45, 7) is 19.5. The van der Waals surface area contributed by atoms with E-state index < -0.39 is 12.4 Å². The van der Waals surface area contributed by atoms with Gasteiger partial charge in [-0.15, -0.1) is 0 Å². The van der Waals surface area contributed by atoms with Gasteiger partial charge in [-0.1, -0.05) is 79.9 Å². The van der Waals surface area contributed by atoms with Crippen molar-refractivity contribution in [1.29, 1.82) is 0 Å². The Kier molecular flexibility index (Phi) is 9.25. The molecule has 40 heavy (non-hydrogen) atoms. The smallest absolute Gasteiger partial charge is 0.163 e. The Balaban J connectivity index is 1.27. The van der Waals surface area contributed by atoms with Crippen LogP contribution in [0.5, 0.6) is 0 Å². The molecule has 4 fully saturated rings. The summed E-state index contributed by atoms with van der Waals surface area (Å²) in [6, 6.07) is 0. The van der Waals surface area contributed by atoms with E-state index in [0.29, 0.717) is 29.1 Å². The van der Waals surface area contributed by atoms with Crippen molar-refractivity contribution >= 4 is 0 Å². The minimum Gasteiger partial charge on any atom is -0.394 e. The molecule has 3 saturated carbocycles. The van der Waals surface area contributed by atoms with Crippen molar-refractivity contribution in [3.05, 3.63) is 11.6 Å². The van der Waals surface area contributed by atoms with Gasteiger partial charge in [-0.3, -0.25) is 0 Å². The van der Waals surface area contributed by atoms with E-state index in [-0.39, 0.29) is 24.7 Å². The van der Waals surface area contributed by atoms with Gasteiger partial charge in [0.05, 0.1) is 24.9 Å². The summed E-state index contributed by atoms with van der Waals surface area (Å²) in [7, 11) is 0. The number of hydrogen-bond donors (Lipinski definition) is 2. The van der Waals surface area contributed by atoms with Crippen molar-refractivity contribution in [3.63, 3.8) is 0 Å². The van der Waals surface area contributed by atoms with Crippen molar-refractivity contribution in [1.82, 2.24) is 0 Å². The highest BCUT2D eigenvalue weighted by Gasteiger charge is 2.59. The summed E-state index contributed by atoms with van der Waals surface area (Å²) < 4.78 is 12.8. The zero-order valence-electron chi connectivity index (χ0n) is 27.1. The predicted octanol–water partition coefficient (Wildman–Crippen LogP) is 8.01. The molecule has 4 nitrogen and oxygen atoms in total. The first-order valence-electron chi connectivity index (χ1n) is 17.2. The summed E-state index contributed by atoms with van der Waals surface area (Å²) in [5.41, 5.74) is 2.69. The topological polar surface area (TPSA) is 58.9 Å². The molecule has 0 bridgehead atoms. The van der Waals surface area contributed by atoms with E-state index in [1.165, 1.54) is 51.4 Å². The van der Waals surface area contributed by atoms with E-state index >= 15 is 0 Å². The normalized spacial score (nSPS) is 48.6. The second-order valence-corrected chi connectivity index (χ2v) is 16.2. The third kappa shape index (κ3) is 5.39. The summed E-state index contributed by atoms with van der Waals surface area (Å²) in [5.74, 6) is 5.89. The van der Waals surface area contributed by atoms with Gasteiger partial charge in [0.15, 0.2) is 6.29 Å². The van der Waals surface area contributed by atoms with Crippen molar-refractivity contribution < 1.29 is 19.7 Å². The zero-order chi connectivity index (χ0) is 29.0. The van der Waals surface area contributed by atoms with E-state index in [2.05, 4.69) is 54.5 Å². The predicted molar refractivity (Wildman–Crippen MR) is 163 cm³/mol. The molecule has 0 aromatic heterocycles. The van der Waals surface area contributed by atoms with Crippen LogP contribution in [-0.2, 0) is 9.47 Å². The fourth-order valence-electron chi connectivity index (χ4n) is 10.6. The number of allylic oxidation sites excluding steroid dienone is 2. The number of fused-ring (bicyclic) bond motifs is 5. The Labute approximate surface area is 246 Å². The quantitative estimate of drug-likeness (QED) is 0.296. The minimum absolute atomic E-state index is 0.0589. The largest absolute Gasteiger partial charge is 0.394 e. The molecule has 1 saturated heterocycles. The maximum Gasteiger partial charge on any atom is 0.163 e. The molecule has 0 amide bonds. The van der Waals surface area contributed by atoms with E-state index in [0.717, 1.165) is 41.9 Å². The number of rotatable bonds is 8. The van der Waals surface area contributed by atoms with Gasteiger partial charge in [0.2, 0.25) is 0 Å². The number of aliphatic hydroxyl groups is 2. The van der Waals surface area contributed by atoms with Gasteiger partial charge >= 0.3 is 0 Å². The number of ether oxygens (including phenoxy) is 2. The third-order valence-electron chi connectivity index (χ3n) is 13.9. The molecule has 4 heteroatoms. The molecule has 1 heterocycles. The van der Waals surface area contributed by atoms with Crippen LogP contribution in [0.3, 0.4) is 0 Å². The Morgan fingerprint density at radius 1 is 0.950 bits per heavy atom. The Morgan fingerprint density at radius 2 is 1.65 bits per heavy atom. The first-order valence-corrected chi connectivity index (χ1v) is 17.2. The highest BCUT2D eigenvalue weighted by Crippen LogP contribution is 2.67. The fourth-order valence-corrected chi connectivity index (χ4v) is 10.6. The molecular weight excluding hydrogens is 496 g/mol. The van der Waals surface area contributed by atoms with Crippen LogP contribution in [0.15, 0.2) is 11.6 Å². The lowest BCUT2D eigenvalue weighted by Gasteiger charge is -2.60. The molecular formula is C36H62O4. The summed E-state index contributed by atoms with van der Waals surface area (Å²) >= 11 is 0. The van der Waals surface area contributed by atoms with Gasteiger partial charge in [-0.25, -0.2) is 0 Å². The van der Waals surface area contributed by atoms with Crippen LogP contribution in [0.2, 0.25) is 0 Å². The van der Waals surface area contributed by atoms with Gasteiger partial charge in [0.1, 0.15) is 0 Å². The lowest BCUT2D eigenvalue weighted by Crippen LogP contribution is -2.54. The van der Waals surface area contributed by atoms with E-state index in [4.69, 9.17) is 9.47 Å². The average molecular weight is 559 g/mol. The van der Waals surface area contributed by atoms with Crippen molar-refractivity contribution in [2.45, 2.75) is 144 Å². The SMILES string of the molecule is CC(C)C(C)CCC(C)C1CCC2C3=CCC4C(C)C(OC5OC(CO)CC(O)C5C)CCC4(C)C3CCC21C. The standard InChI is InChI=1S/C36H62O4/c1-21(2)22(3)9-10-23(4)28-13-14-30-27-11-12-29-24(5)33(40-34-25(6)32(38)19-26(20-37)39-34)16-18-36(29,8)31(27)15-17-35(28,30)7/h11,21-26,28-34,37-38H,9-10,12-20H2,1-8H3. The summed E-state index contributed by atoms with van der Waals surface area (Å²) in [5, 5.41) is 20.2. The molecule has 14 unspecified atom stereocenters. The van der Waals surface area contributed by atoms with E-state index in [1.54, 1.807) is 0 Å². The van der Waals surface area contributed by atoms with Crippen LogP contribution in [0.1, 0.15) is 120 Å². The molecule has 230 valence electrons. The van der Waals surface area contributed by atoms with Gasteiger partial charge < -0.3 is 19.7 Å². The van der Waals surface area contributed by atoms with Crippen LogP contribution in [0, 0.1) is 64.1 Å². The van der Waals surface area contributed by atoms with E-state index in [9.17, 15) is 10.2 Å². The van der Waals surface area contributed by atoms with Crippen LogP contribution >= 0.6 is 0 Å². The van der Waals surface area contributed by atoms with E-state index in [1.807, 2.05) is 12.5 Å². The van der Waals surface area contributed by atoms with Gasteiger partial charge in [-0.05, 0) is 103 Å². The number of aliphatic hydroxyl groups excluding tert-OH is 2. The zero-order valence-corrected chi connectivity index (χ0v) is 27.1. The summed E-state index contributed by atoms with van der Waals surface area (Å²) in [6.07, 6.45) is 14.0. The third-order valence-corrected chi connectivity index (χ3v) is 13.9. The van der Waals surface area contributed by atoms with Crippen LogP contribution in [0.4, 0.5) is 0 Å². The van der Waals surface area contributed by atoms with Gasteiger partial charge in [-0.2, -0.15) is 0 Å². The van der Waals surface area contributed by atoms with Crippen LogP contribution in [-0.4, -0.2) is 41.4 Å². The highest BCUT2D eigenvalue weighted by molar-refractivity contribution is 5.28. The van der Waals surface area contributed by atoms with Crippen LogP contribution in [0.25, 0.3) is 0 Å². The molecule has 5 aliphatic rings. The summed E-state index contributed by atoms with van der Waals surface area (Å²) in [4.78, 5) is 0. The minimum atomic E-state index is -0.478. The average Bonchev–Trinajstić information content (AvgIpc) is 3.28. The second-order valence-electron chi connectivity index (χ2n) is 16.2. The Morgan fingerprint density at radius 3 is 2.35 bits per heavy atom. The first kappa shape index (κ1) is 31.0. The lowest BCUT2D eigenvalue weighted by atomic mass is 9.46. The molecule has 2 N–H and O–H groups in total. The maximum atomic E-state index is 10.5. The van der Waals surface area contributed by atoms with Crippen molar-refractivity contribution in [2.24, 2.45) is 64.1 Å². The highest BCUT2D eigenvalue weighted by atomic mass is 16.7. The number of hydrogen-bond acceptors (Lipinski definition) is 4. The van der Waals surface area contributed by atoms with Crippen LogP contribution < -0.4 is 0 Å². The fraction of sp³-hybridized carbons (Fsp3) is 0.944. The lowest BCUT2D eigenvalue weighted by molar-refractivity contribution is -0.279. The Hall–Kier alpha value is -0.420. The molecule has 5 rings (SSSR count). The molecule has 0 aromatic carbocycles. The molecule has 1 aliphatic heterocycles. The monoisotopic (exact) mass is 558 g/mol. The first-order chi connectivity index (χ1) is 18.9. The molecule has 0 spiro atoms.